The van der Waals surface area contributed by atoms with E-state index in [0.717, 1.165) is 0 Å². The van der Waals surface area contributed by atoms with Crippen LogP contribution in [0.5, 0.6) is 0 Å². The van der Waals surface area contributed by atoms with Crippen molar-refractivity contribution in [3.05, 3.63) is 35.9 Å². The minimum Gasteiger partial charge on any atom is -0.480 e. The summed E-state index contributed by atoms with van der Waals surface area (Å²) >= 11 is 0. The molecule has 0 saturated carbocycles. The van der Waals surface area contributed by atoms with Crippen LogP contribution in [0.4, 0.5) is 0 Å². The number of hydrogen-bond donors (Lipinski definition) is 3. The molecule has 0 aromatic heterocycles. The Bertz CT molecular complexity index is 512. The molecule has 0 spiro atoms. The number of aliphatic carboxylic acids is 2. The molecule has 20 heavy (non-hydrogen) atoms. The Balaban J connectivity index is 3.37. The normalized spacial score (nSPS) is 14.1. The van der Waals surface area contributed by atoms with Crippen molar-refractivity contribution >= 4 is 17.7 Å². The van der Waals surface area contributed by atoms with Gasteiger partial charge >= 0.3 is 11.9 Å². The molecular formula is C14H17NO5. The largest absolute Gasteiger partial charge is 0.480 e. The summed E-state index contributed by atoms with van der Waals surface area (Å²) in [5, 5.41) is 17.9. The van der Waals surface area contributed by atoms with Crippen LogP contribution >= 0.6 is 0 Å². The fourth-order valence-electron chi connectivity index (χ4n) is 2.04. The van der Waals surface area contributed by atoms with Gasteiger partial charge < -0.3 is 15.9 Å². The quantitative estimate of drug-likeness (QED) is 0.664. The Kier molecular flexibility index (Phi) is 4.62. The molecule has 0 aliphatic carbocycles. The van der Waals surface area contributed by atoms with Gasteiger partial charge in [-0.2, -0.15) is 0 Å². The van der Waals surface area contributed by atoms with Gasteiger partial charge in [-0.05, 0) is 11.5 Å². The number of carbonyl (C=O) groups excluding carboxylic acids is 1. The molecule has 0 aliphatic heterocycles. The van der Waals surface area contributed by atoms with Crippen molar-refractivity contribution in [3.8, 4) is 0 Å². The summed E-state index contributed by atoms with van der Waals surface area (Å²) in [6.07, 6.45) is 0. The van der Waals surface area contributed by atoms with Crippen LogP contribution in [0, 0.1) is 11.8 Å². The maximum atomic E-state index is 12.4. The minimum absolute atomic E-state index is 0.396. The van der Waals surface area contributed by atoms with Gasteiger partial charge in [0, 0.05) is 0 Å². The van der Waals surface area contributed by atoms with E-state index in [1.54, 1.807) is 44.2 Å². The molecule has 1 atom stereocenters. The fourth-order valence-corrected chi connectivity index (χ4v) is 2.04. The van der Waals surface area contributed by atoms with Crippen LogP contribution in [-0.4, -0.2) is 27.9 Å². The zero-order valence-corrected chi connectivity index (χ0v) is 11.2. The summed E-state index contributed by atoms with van der Waals surface area (Å²) in [5.41, 5.74) is 4.84. The SMILES string of the molecule is CC(C)C(N)(C(=O)C(C(=O)O)C(=O)O)c1ccccc1. The first-order chi connectivity index (χ1) is 9.22. The van der Waals surface area contributed by atoms with Crippen molar-refractivity contribution in [2.45, 2.75) is 19.4 Å². The molecule has 4 N–H and O–H groups in total. The van der Waals surface area contributed by atoms with Crippen LogP contribution in [0.15, 0.2) is 30.3 Å². The summed E-state index contributed by atoms with van der Waals surface area (Å²) in [5.74, 6) is -7.09. The molecule has 6 nitrogen and oxygen atoms in total. The zero-order valence-electron chi connectivity index (χ0n) is 11.2. The molecule has 0 amide bonds. The van der Waals surface area contributed by atoms with E-state index in [9.17, 15) is 14.4 Å². The van der Waals surface area contributed by atoms with Crippen molar-refractivity contribution in [2.75, 3.05) is 0 Å². The topological polar surface area (TPSA) is 118 Å². The van der Waals surface area contributed by atoms with Gasteiger partial charge in [0.1, 0.15) is 5.54 Å². The van der Waals surface area contributed by atoms with Crippen molar-refractivity contribution in [1.29, 1.82) is 0 Å². The molecule has 1 unspecified atom stereocenters. The van der Waals surface area contributed by atoms with Gasteiger partial charge in [-0.25, -0.2) is 0 Å². The highest BCUT2D eigenvalue weighted by Gasteiger charge is 2.48. The lowest BCUT2D eigenvalue weighted by molar-refractivity contribution is -0.159. The van der Waals surface area contributed by atoms with Gasteiger partial charge in [-0.3, -0.25) is 14.4 Å². The number of hydrogen-bond acceptors (Lipinski definition) is 4. The number of nitrogens with two attached hydrogens (primary N) is 1. The molecular weight excluding hydrogens is 262 g/mol. The van der Waals surface area contributed by atoms with Crippen molar-refractivity contribution < 1.29 is 24.6 Å². The maximum absolute atomic E-state index is 12.4. The van der Waals surface area contributed by atoms with E-state index in [-0.39, 0.29) is 0 Å². The van der Waals surface area contributed by atoms with Gasteiger partial charge in [-0.1, -0.05) is 44.2 Å². The Morgan fingerprint density at radius 2 is 1.50 bits per heavy atom. The molecule has 1 aromatic rings. The highest BCUT2D eigenvalue weighted by molar-refractivity contribution is 6.17. The number of Topliss-reactive ketones (excluding diaryl/α,β-unsaturated/α-hetero) is 1. The first-order valence-electron chi connectivity index (χ1n) is 6.07. The van der Waals surface area contributed by atoms with Gasteiger partial charge in [0.2, 0.25) is 5.92 Å². The Labute approximate surface area is 116 Å². The van der Waals surface area contributed by atoms with Gasteiger partial charge in [-0.15, -0.1) is 0 Å². The maximum Gasteiger partial charge on any atom is 0.325 e. The minimum atomic E-state index is -2.18. The van der Waals surface area contributed by atoms with Gasteiger partial charge in [0.25, 0.3) is 0 Å². The number of benzene rings is 1. The third-order valence-corrected chi connectivity index (χ3v) is 3.33. The number of carboxylic acids is 2. The van der Waals surface area contributed by atoms with E-state index in [0.29, 0.717) is 5.56 Å². The van der Waals surface area contributed by atoms with E-state index < -0.39 is 35.1 Å². The molecule has 0 radical (unpaired) electrons. The summed E-state index contributed by atoms with van der Waals surface area (Å²) < 4.78 is 0. The van der Waals surface area contributed by atoms with Gasteiger partial charge in [0.05, 0.1) is 0 Å². The predicted molar refractivity (Wildman–Crippen MR) is 70.9 cm³/mol. The molecule has 0 aliphatic rings. The second-order valence-electron chi connectivity index (χ2n) is 4.86. The number of carboxylic acid groups (broad SMARTS) is 2. The first kappa shape index (κ1) is 15.8. The highest BCUT2D eigenvalue weighted by Crippen LogP contribution is 2.30. The predicted octanol–water partition coefficient (Wildman–Crippen LogP) is 0.851. The first-order valence-corrected chi connectivity index (χ1v) is 6.07. The second kappa shape index (κ2) is 5.83. The van der Waals surface area contributed by atoms with E-state index in [1.807, 2.05) is 0 Å². The zero-order chi connectivity index (χ0) is 15.5. The standard InChI is InChI=1S/C14H17NO5/c1-8(2)14(15,9-6-4-3-5-7-9)11(16)10(12(17)18)13(19)20/h3-8,10H,15H2,1-2H3,(H,17,18)(H,19,20). The molecule has 1 rings (SSSR count). The molecule has 1 aromatic carbocycles. The average Bonchev–Trinajstić information content (AvgIpc) is 2.37. The third-order valence-electron chi connectivity index (χ3n) is 3.33. The molecule has 0 fully saturated rings. The lowest BCUT2D eigenvalue weighted by atomic mass is 9.73. The second-order valence-corrected chi connectivity index (χ2v) is 4.86. The smallest absolute Gasteiger partial charge is 0.325 e. The summed E-state index contributed by atoms with van der Waals surface area (Å²) in [6.45, 7) is 3.29. The van der Waals surface area contributed by atoms with Crippen LogP contribution < -0.4 is 5.73 Å². The van der Waals surface area contributed by atoms with E-state index in [4.69, 9.17) is 15.9 Å². The van der Waals surface area contributed by atoms with Crippen LogP contribution in [-0.2, 0) is 19.9 Å². The van der Waals surface area contributed by atoms with Crippen LogP contribution in [0.1, 0.15) is 19.4 Å². The summed E-state index contributed by atoms with van der Waals surface area (Å²) in [6, 6.07) is 8.20. The Morgan fingerprint density at radius 1 is 1.05 bits per heavy atom. The lowest BCUT2D eigenvalue weighted by Gasteiger charge is -2.33. The van der Waals surface area contributed by atoms with Crippen molar-refractivity contribution in [2.24, 2.45) is 17.6 Å². The average molecular weight is 279 g/mol. The Hall–Kier alpha value is -2.21. The molecule has 108 valence electrons. The molecule has 0 heterocycles. The summed E-state index contributed by atoms with van der Waals surface area (Å²) in [7, 11) is 0. The van der Waals surface area contributed by atoms with E-state index >= 15 is 0 Å². The van der Waals surface area contributed by atoms with E-state index in [2.05, 4.69) is 0 Å². The third kappa shape index (κ3) is 2.70. The number of carbonyl (C=O) groups is 3. The molecule has 0 bridgehead atoms. The number of ketones is 1. The van der Waals surface area contributed by atoms with Crippen LogP contribution in [0.25, 0.3) is 0 Å². The van der Waals surface area contributed by atoms with Gasteiger partial charge in [0.15, 0.2) is 5.78 Å². The fraction of sp³-hybridized carbons (Fsp3) is 0.357. The molecule has 6 heteroatoms. The summed E-state index contributed by atoms with van der Waals surface area (Å²) in [4.78, 5) is 34.5. The van der Waals surface area contributed by atoms with Crippen molar-refractivity contribution in [1.82, 2.24) is 0 Å². The van der Waals surface area contributed by atoms with Crippen molar-refractivity contribution in [3.63, 3.8) is 0 Å². The number of rotatable bonds is 6. The Morgan fingerprint density at radius 3 is 1.85 bits per heavy atom. The van der Waals surface area contributed by atoms with Crippen LogP contribution in [0.2, 0.25) is 0 Å². The lowest BCUT2D eigenvalue weighted by Crippen LogP contribution is -2.55. The van der Waals surface area contributed by atoms with E-state index in [1.165, 1.54) is 0 Å². The molecule has 0 saturated heterocycles. The van der Waals surface area contributed by atoms with Crippen LogP contribution in [0.3, 0.4) is 0 Å². The highest BCUT2D eigenvalue weighted by atomic mass is 16.4. The monoisotopic (exact) mass is 279 g/mol.